The molecule has 0 fully saturated rings. The number of fused-ring (bicyclic) bond motifs is 2. The van der Waals surface area contributed by atoms with E-state index >= 15 is 0 Å². The van der Waals surface area contributed by atoms with Gasteiger partial charge in [-0.3, -0.25) is 4.79 Å². The van der Waals surface area contributed by atoms with Gasteiger partial charge in [-0.05, 0) is 34.5 Å². The highest BCUT2D eigenvalue weighted by molar-refractivity contribution is 6.62. The molecule has 3 aromatic carbocycles. The second-order valence-corrected chi connectivity index (χ2v) is 6.23. The maximum Gasteiger partial charge on any atom is 0.492 e. The van der Waals surface area contributed by atoms with Gasteiger partial charge in [0.1, 0.15) is 0 Å². The molecule has 0 spiro atoms. The van der Waals surface area contributed by atoms with Crippen LogP contribution in [0.1, 0.15) is 17.5 Å². The first-order chi connectivity index (χ1) is 12.2. The highest BCUT2D eigenvalue weighted by Crippen LogP contribution is 2.23. The van der Waals surface area contributed by atoms with Crippen molar-refractivity contribution in [3.63, 3.8) is 0 Å². The zero-order chi connectivity index (χ0) is 17.2. The minimum Gasteiger partial charge on any atom is -0.423 e. The number of nitrogens with one attached hydrogen (secondary N) is 1. The molecule has 0 saturated carbocycles. The second kappa shape index (κ2) is 6.71. The van der Waals surface area contributed by atoms with Crippen LogP contribution in [0.4, 0.5) is 5.69 Å². The van der Waals surface area contributed by atoms with Crippen molar-refractivity contribution >= 4 is 34.9 Å². The summed E-state index contributed by atoms with van der Waals surface area (Å²) in [6, 6.07) is 19.7. The van der Waals surface area contributed by atoms with Crippen LogP contribution in [-0.4, -0.2) is 18.0 Å². The van der Waals surface area contributed by atoms with E-state index in [0.717, 1.165) is 33.0 Å². The van der Waals surface area contributed by atoms with Crippen molar-refractivity contribution in [1.29, 1.82) is 0 Å². The van der Waals surface area contributed by atoms with Gasteiger partial charge in [0, 0.05) is 17.5 Å². The molecule has 0 bridgehead atoms. The summed E-state index contributed by atoms with van der Waals surface area (Å²) < 4.78 is 5.27. The van der Waals surface area contributed by atoms with Crippen molar-refractivity contribution in [3.05, 3.63) is 71.8 Å². The highest BCUT2D eigenvalue weighted by atomic mass is 16.5. The third kappa shape index (κ3) is 3.16. The first-order valence-electron chi connectivity index (χ1n) is 8.40. The normalized spacial score (nSPS) is 13.1. The molecule has 0 saturated heterocycles. The number of anilines is 1. The van der Waals surface area contributed by atoms with Gasteiger partial charge in [-0.15, -0.1) is 0 Å². The number of amides is 1. The molecule has 1 aliphatic heterocycles. The van der Waals surface area contributed by atoms with Gasteiger partial charge in [0.15, 0.2) is 0 Å². The first-order valence-corrected chi connectivity index (χ1v) is 8.40. The Morgan fingerprint density at radius 1 is 1.08 bits per heavy atom. The summed E-state index contributed by atoms with van der Waals surface area (Å²) in [5, 5.41) is 15.1. The lowest BCUT2D eigenvalue weighted by Crippen LogP contribution is -2.31. The van der Waals surface area contributed by atoms with Gasteiger partial charge in [-0.2, -0.15) is 0 Å². The van der Waals surface area contributed by atoms with Crippen LogP contribution < -0.4 is 10.8 Å². The van der Waals surface area contributed by atoms with Gasteiger partial charge in [0.05, 0.1) is 6.61 Å². The fourth-order valence-electron chi connectivity index (χ4n) is 3.37. The Balaban J connectivity index is 1.48. The number of hydrogen-bond donors (Lipinski definition) is 2. The third-order valence-corrected chi connectivity index (χ3v) is 4.62. The minimum absolute atomic E-state index is 0.0395. The van der Waals surface area contributed by atoms with Gasteiger partial charge < -0.3 is 15.0 Å². The quantitative estimate of drug-likeness (QED) is 0.723. The molecule has 0 unspecified atom stereocenters. The first kappa shape index (κ1) is 15.9. The van der Waals surface area contributed by atoms with Crippen molar-refractivity contribution in [2.45, 2.75) is 19.4 Å². The molecule has 25 heavy (non-hydrogen) atoms. The Kier molecular flexibility index (Phi) is 4.26. The van der Waals surface area contributed by atoms with Crippen molar-refractivity contribution < 1.29 is 14.5 Å². The summed E-state index contributed by atoms with van der Waals surface area (Å²) >= 11 is 0. The Hall–Kier alpha value is -2.63. The van der Waals surface area contributed by atoms with Crippen LogP contribution in [0.25, 0.3) is 10.8 Å². The lowest BCUT2D eigenvalue weighted by molar-refractivity contribution is -0.116. The zero-order valence-corrected chi connectivity index (χ0v) is 13.7. The molecule has 1 amide bonds. The SMILES string of the molecule is O=C(CCc1cccc2c1B(O)OC2)Nc1cccc2ccccc12. The van der Waals surface area contributed by atoms with Gasteiger partial charge in [0.25, 0.3) is 0 Å². The van der Waals surface area contributed by atoms with E-state index in [0.29, 0.717) is 19.4 Å². The van der Waals surface area contributed by atoms with E-state index in [9.17, 15) is 9.82 Å². The van der Waals surface area contributed by atoms with E-state index in [1.165, 1.54) is 0 Å². The molecule has 2 N–H and O–H groups in total. The summed E-state index contributed by atoms with van der Waals surface area (Å²) in [6.07, 6.45) is 0.923. The Bertz CT molecular complexity index is 936. The molecule has 0 aliphatic carbocycles. The summed E-state index contributed by atoms with van der Waals surface area (Å²) in [4.78, 5) is 12.4. The molecule has 124 valence electrons. The van der Waals surface area contributed by atoms with Crippen LogP contribution in [0.15, 0.2) is 60.7 Å². The highest BCUT2D eigenvalue weighted by Gasteiger charge is 2.29. The van der Waals surface area contributed by atoms with Crippen molar-refractivity contribution in [2.24, 2.45) is 0 Å². The van der Waals surface area contributed by atoms with Crippen molar-refractivity contribution in [1.82, 2.24) is 0 Å². The summed E-state index contributed by atoms with van der Waals surface area (Å²) in [5.41, 5.74) is 3.61. The molecular formula is C20H18BNO3. The smallest absolute Gasteiger partial charge is 0.423 e. The number of benzene rings is 3. The maximum absolute atomic E-state index is 12.4. The fourth-order valence-corrected chi connectivity index (χ4v) is 3.37. The lowest BCUT2D eigenvalue weighted by Gasteiger charge is -2.10. The molecule has 1 heterocycles. The summed E-state index contributed by atoms with van der Waals surface area (Å²) in [6.45, 7) is 0.423. The van der Waals surface area contributed by atoms with Crippen LogP contribution in [0.3, 0.4) is 0 Å². The molecule has 4 nitrogen and oxygen atoms in total. The number of hydrogen-bond acceptors (Lipinski definition) is 3. The molecule has 5 heteroatoms. The van der Waals surface area contributed by atoms with Crippen LogP contribution in [-0.2, 0) is 22.5 Å². The molecular weight excluding hydrogens is 313 g/mol. The number of carbonyl (C=O) groups excluding carboxylic acids is 1. The van der Waals surface area contributed by atoms with Gasteiger partial charge in [0.2, 0.25) is 5.91 Å². The Morgan fingerprint density at radius 3 is 2.80 bits per heavy atom. The standard InChI is InChI=1S/C20H18BNO3/c23-19(22-18-10-4-6-14-5-1-2-9-17(14)18)12-11-15-7-3-8-16-13-25-21(24)20(15)16/h1-10,24H,11-13H2,(H,22,23). The van der Waals surface area contributed by atoms with E-state index < -0.39 is 7.12 Å². The van der Waals surface area contributed by atoms with E-state index in [-0.39, 0.29) is 5.91 Å². The van der Waals surface area contributed by atoms with Crippen molar-refractivity contribution in [3.8, 4) is 0 Å². The van der Waals surface area contributed by atoms with Crippen LogP contribution in [0.2, 0.25) is 0 Å². The van der Waals surface area contributed by atoms with Crippen LogP contribution in [0, 0.1) is 0 Å². The van der Waals surface area contributed by atoms with Gasteiger partial charge >= 0.3 is 7.12 Å². The maximum atomic E-state index is 12.4. The molecule has 0 atom stereocenters. The fraction of sp³-hybridized carbons (Fsp3) is 0.150. The largest absolute Gasteiger partial charge is 0.492 e. The molecule has 4 rings (SSSR count). The summed E-state index contributed by atoms with van der Waals surface area (Å²) in [7, 11) is -0.882. The third-order valence-electron chi connectivity index (χ3n) is 4.62. The average molecular weight is 331 g/mol. The van der Waals surface area contributed by atoms with E-state index in [1.807, 2.05) is 60.7 Å². The van der Waals surface area contributed by atoms with Crippen molar-refractivity contribution in [2.75, 3.05) is 5.32 Å². The van der Waals surface area contributed by atoms with E-state index in [1.54, 1.807) is 0 Å². The molecule has 3 aromatic rings. The molecule has 1 aliphatic rings. The second-order valence-electron chi connectivity index (χ2n) is 6.23. The van der Waals surface area contributed by atoms with Gasteiger partial charge in [-0.25, -0.2) is 0 Å². The average Bonchev–Trinajstić information content (AvgIpc) is 3.02. The lowest BCUT2D eigenvalue weighted by atomic mass is 9.75. The van der Waals surface area contributed by atoms with Gasteiger partial charge in [-0.1, -0.05) is 54.6 Å². The molecule has 0 aromatic heterocycles. The topological polar surface area (TPSA) is 58.6 Å². The van der Waals surface area contributed by atoms with Crippen LogP contribution in [0.5, 0.6) is 0 Å². The number of rotatable bonds is 4. The Morgan fingerprint density at radius 2 is 1.88 bits per heavy atom. The molecule has 0 radical (unpaired) electrons. The predicted molar refractivity (Wildman–Crippen MR) is 99.7 cm³/mol. The monoisotopic (exact) mass is 331 g/mol. The zero-order valence-electron chi connectivity index (χ0n) is 13.7. The van der Waals surface area contributed by atoms with Crippen LogP contribution >= 0.6 is 0 Å². The van der Waals surface area contributed by atoms with E-state index in [2.05, 4.69) is 5.32 Å². The summed E-state index contributed by atoms with van der Waals surface area (Å²) in [5.74, 6) is -0.0395. The predicted octanol–water partition coefficient (Wildman–Crippen LogP) is 2.63. The number of aryl methyl sites for hydroxylation is 1. The Labute approximate surface area is 146 Å². The number of carbonyl (C=O) groups is 1. The van der Waals surface area contributed by atoms with E-state index in [4.69, 9.17) is 4.65 Å². The minimum atomic E-state index is -0.882.